The second-order valence-electron chi connectivity index (χ2n) is 2.63. The fraction of sp³-hybridized carbons (Fsp3) is 0.375. The van der Waals surface area contributed by atoms with Crippen LogP contribution in [0.5, 0.6) is 0 Å². The minimum Gasteiger partial charge on any atom is -0.348 e. The summed E-state index contributed by atoms with van der Waals surface area (Å²) >= 11 is 10.3. The van der Waals surface area contributed by atoms with Crippen molar-refractivity contribution < 1.29 is 4.79 Å². The highest BCUT2D eigenvalue weighted by Crippen LogP contribution is 2.21. The lowest BCUT2D eigenvalue weighted by Crippen LogP contribution is -2.33. The van der Waals surface area contributed by atoms with Crippen LogP contribution in [0.15, 0.2) is 15.9 Å². The Kier molecular flexibility index (Phi) is 4.22. The molecule has 1 heterocycles. The smallest absolute Gasteiger partial charge is 0.261 e. The Balaban J connectivity index is 2.58. The summed E-state index contributed by atoms with van der Waals surface area (Å²) in [5.74, 6) is 0.363. The zero-order valence-electron chi connectivity index (χ0n) is 7.01. The Morgan fingerprint density at radius 1 is 1.77 bits per heavy atom. The van der Waals surface area contributed by atoms with Gasteiger partial charge in [0.2, 0.25) is 0 Å². The molecule has 1 aromatic heterocycles. The van der Waals surface area contributed by atoms with Crippen LogP contribution in [0.3, 0.4) is 0 Å². The molecule has 0 aromatic carbocycles. The summed E-state index contributed by atoms with van der Waals surface area (Å²) in [6, 6.07) is 3.64. The van der Waals surface area contributed by atoms with E-state index in [0.717, 1.165) is 3.79 Å². The van der Waals surface area contributed by atoms with Crippen molar-refractivity contribution >= 4 is 44.8 Å². The molecular formula is C8H9BrClNOS. The van der Waals surface area contributed by atoms with E-state index in [1.54, 1.807) is 6.07 Å². The van der Waals surface area contributed by atoms with E-state index in [1.165, 1.54) is 11.3 Å². The van der Waals surface area contributed by atoms with Crippen molar-refractivity contribution in [2.75, 3.05) is 5.88 Å². The van der Waals surface area contributed by atoms with Gasteiger partial charge in [0.15, 0.2) is 0 Å². The number of rotatable bonds is 3. The zero-order chi connectivity index (χ0) is 9.84. The molecule has 72 valence electrons. The summed E-state index contributed by atoms with van der Waals surface area (Å²) in [5.41, 5.74) is 0. The number of nitrogens with one attached hydrogen (secondary N) is 1. The van der Waals surface area contributed by atoms with Gasteiger partial charge in [0.1, 0.15) is 0 Å². The van der Waals surface area contributed by atoms with Gasteiger partial charge in [-0.3, -0.25) is 4.79 Å². The molecule has 0 aliphatic heterocycles. The van der Waals surface area contributed by atoms with Gasteiger partial charge < -0.3 is 5.32 Å². The van der Waals surface area contributed by atoms with E-state index in [0.29, 0.717) is 10.8 Å². The molecule has 0 saturated heterocycles. The molecule has 5 heteroatoms. The maximum atomic E-state index is 11.4. The topological polar surface area (TPSA) is 29.1 Å². The first kappa shape index (κ1) is 11.0. The van der Waals surface area contributed by atoms with E-state index in [-0.39, 0.29) is 11.9 Å². The molecule has 0 spiro atoms. The van der Waals surface area contributed by atoms with Crippen molar-refractivity contribution in [3.05, 3.63) is 20.8 Å². The molecular weight excluding hydrogens is 274 g/mol. The van der Waals surface area contributed by atoms with Crippen LogP contribution in [0.4, 0.5) is 0 Å². The van der Waals surface area contributed by atoms with Crippen LogP contribution in [-0.2, 0) is 0 Å². The van der Waals surface area contributed by atoms with Crippen molar-refractivity contribution in [1.29, 1.82) is 0 Å². The molecule has 0 saturated carbocycles. The number of thiophene rings is 1. The third kappa shape index (κ3) is 3.29. The molecule has 0 fully saturated rings. The molecule has 0 aliphatic carbocycles. The van der Waals surface area contributed by atoms with Gasteiger partial charge >= 0.3 is 0 Å². The van der Waals surface area contributed by atoms with Crippen LogP contribution >= 0.6 is 38.9 Å². The average Bonchev–Trinajstić information content (AvgIpc) is 2.51. The van der Waals surface area contributed by atoms with Gasteiger partial charge in [-0.25, -0.2) is 0 Å². The lowest BCUT2D eigenvalue weighted by molar-refractivity contribution is 0.0947. The number of hydrogen-bond acceptors (Lipinski definition) is 2. The monoisotopic (exact) mass is 281 g/mol. The van der Waals surface area contributed by atoms with Crippen LogP contribution in [0.25, 0.3) is 0 Å². The quantitative estimate of drug-likeness (QED) is 0.849. The molecule has 1 rings (SSSR count). The van der Waals surface area contributed by atoms with E-state index in [2.05, 4.69) is 21.2 Å². The first-order valence-electron chi connectivity index (χ1n) is 3.75. The summed E-state index contributed by atoms with van der Waals surface area (Å²) in [4.78, 5) is 12.1. The molecule has 2 nitrogen and oxygen atoms in total. The Hall–Kier alpha value is -0.0600. The molecule has 13 heavy (non-hydrogen) atoms. The number of halogens is 2. The summed E-state index contributed by atoms with van der Waals surface area (Å²) in [6.45, 7) is 1.87. The SMILES string of the molecule is CC(CCl)NC(=O)c1ccc(Br)s1. The van der Waals surface area contributed by atoms with Gasteiger partial charge in [-0.1, -0.05) is 0 Å². The van der Waals surface area contributed by atoms with E-state index < -0.39 is 0 Å². The zero-order valence-corrected chi connectivity index (χ0v) is 10.2. The third-order valence-corrected chi connectivity index (χ3v) is 3.49. The lowest BCUT2D eigenvalue weighted by atomic mass is 10.3. The standard InChI is InChI=1S/C8H9BrClNOS/c1-5(4-10)11-8(12)6-2-3-7(9)13-6/h2-3,5H,4H2,1H3,(H,11,12). The van der Waals surface area contributed by atoms with Crippen LogP contribution in [-0.4, -0.2) is 17.8 Å². The Morgan fingerprint density at radius 3 is 2.92 bits per heavy atom. The number of carbonyl (C=O) groups is 1. The van der Waals surface area contributed by atoms with Crippen LogP contribution < -0.4 is 5.32 Å². The minimum atomic E-state index is -0.0659. The number of amides is 1. The Labute approximate surface area is 94.4 Å². The van der Waals surface area contributed by atoms with Crippen molar-refractivity contribution in [2.24, 2.45) is 0 Å². The summed E-state index contributed by atoms with van der Waals surface area (Å²) in [5, 5.41) is 2.78. The van der Waals surface area contributed by atoms with Gasteiger partial charge in [-0.15, -0.1) is 22.9 Å². The fourth-order valence-electron chi connectivity index (χ4n) is 0.770. The van der Waals surface area contributed by atoms with Gasteiger partial charge in [-0.05, 0) is 35.0 Å². The third-order valence-electron chi connectivity index (χ3n) is 1.41. The molecule has 0 aliphatic rings. The second kappa shape index (κ2) is 4.98. The van der Waals surface area contributed by atoms with Crippen molar-refractivity contribution in [2.45, 2.75) is 13.0 Å². The maximum absolute atomic E-state index is 11.4. The number of carbonyl (C=O) groups excluding carboxylic acids is 1. The Bertz CT molecular complexity index is 302. The van der Waals surface area contributed by atoms with Crippen LogP contribution in [0, 0.1) is 0 Å². The fourth-order valence-corrected chi connectivity index (χ4v) is 2.14. The first-order chi connectivity index (χ1) is 6.13. The molecule has 0 radical (unpaired) electrons. The normalized spacial score (nSPS) is 12.5. The lowest BCUT2D eigenvalue weighted by Gasteiger charge is -2.08. The molecule has 0 bridgehead atoms. The molecule has 1 N–H and O–H groups in total. The predicted octanol–water partition coefficient (Wildman–Crippen LogP) is 2.87. The van der Waals surface area contributed by atoms with E-state index in [4.69, 9.17) is 11.6 Å². The van der Waals surface area contributed by atoms with E-state index >= 15 is 0 Å². The summed E-state index contributed by atoms with van der Waals surface area (Å²) < 4.78 is 0.955. The number of hydrogen-bond donors (Lipinski definition) is 1. The van der Waals surface area contributed by atoms with Crippen LogP contribution in [0.1, 0.15) is 16.6 Å². The van der Waals surface area contributed by atoms with Gasteiger partial charge in [0.25, 0.3) is 5.91 Å². The first-order valence-corrected chi connectivity index (χ1v) is 5.90. The average molecular weight is 283 g/mol. The largest absolute Gasteiger partial charge is 0.348 e. The predicted molar refractivity (Wildman–Crippen MR) is 59.7 cm³/mol. The Morgan fingerprint density at radius 2 is 2.46 bits per heavy atom. The summed E-state index contributed by atoms with van der Waals surface area (Å²) in [6.07, 6.45) is 0. The molecule has 1 aromatic rings. The number of alkyl halides is 1. The highest BCUT2D eigenvalue weighted by atomic mass is 79.9. The minimum absolute atomic E-state index is 0.00930. The van der Waals surface area contributed by atoms with Crippen molar-refractivity contribution in [3.8, 4) is 0 Å². The summed E-state index contributed by atoms with van der Waals surface area (Å²) in [7, 11) is 0. The maximum Gasteiger partial charge on any atom is 0.261 e. The molecule has 1 unspecified atom stereocenters. The van der Waals surface area contributed by atoms with Gasteiger partial charge in [0, 0.05) is 11.9 Å². The van der Waals surface area contributed by atoms with E-state index in [1.807, 2.05) is 13.0 Å². The molecule has 1 amide bonds. The van der Waals surface area contributed by atoms with Crippen molar-refractivity contribution in [1.82, 2.24) is 5.32 Å². The van der Waals surface area contributed by atoms with Gasteiger partial charge in [0.05, 0.1) is 8.66 Å². The van der Waals surface area contributed by atoms with E-state index in [9.17, 15) is 4.79 Å². The van der Waals surface area contributed by atoms with Crippen molar-refractivity contribution in [3.63, 3.8) is 0 Å². The van der Waals surface area contributed by atoms with Crippen LogP contribution in [0.2, 0.25) is 0 Å². The highest BCUT2D eigenvalue weighted by molar-refractivity contribution is 9.11. The second-order valence-corrected chi connectivity index (χ2v) is 5.40. The highest BCUT2D eigenvalue weighted by Gasteiger charge is 2.10. The van der Waals surface area contributed by atoms with Gasteiger partial charge in [-0.2, -0.15) is 0 Å². The molecule has 1 atom stereocenters.